The first-order valence-corrected chi connectivity index (χ1v) is 7.25. The lowest BCUT2D eigenvalue weighted by Crippen LogP contribution is -2.38. The van der Waals surface area contributed by atoms with E-state index in [-0.39, 0.29) is 18.3 Å². The van der Waals surface area contributed by atoms with Crippen LogP contribution in [0.15, 0.2) is 0 Å². The lowest BCUT2D eigenvalue weighted by molar-refractivity contribution is -0.134. The average molecular weight is 280 g/mol. The second-order valence-electron chi connectivity index (χ2n) is 5.56. The Labute approximate surface area is 112 Å². The van der Waals surface area contributed by atoms with Crippen LogP contribution in [0.1, 0.15) is 32.1 Å². The lowest BCUT2D eigenvalue weighted by atomic mass is 9.86. The molecule has 3 unspecified atom stereocenters. The predicted molar refractivity (Wildman–Crippen MR) is 66.9 cm³/mol. The molecule has 2 aliphatic carbocycles. The third-order valence-corrected chi connectivity index (χ3v) is 4.56. The number of carbonyl (C=O) groups excluding carboxylic acids is 1. The van der Waals surface area contributed by atoms with Crippen LogP contribution in [0.5, 0.6) is 0 Å². The van der Waals surface area contributed by atoms with Crippen molar-refractivity contribution in [3.8, 4) is 0 Å². The summed E-state index contributed by atoms with van der Waals surface area (Å²) >= 11 is 5.56. The van der Waals surface area contributed by atoms with Gasteiger partial charge in [-0.1, -0.05) is 6.42 Å². The molecule has 18 heavy (non-hydrogen) atoms. The molecule has 1 amide bonds. The van der Waals surface area contributed by atoms with Gasteiger partial charge in [0.15, 0.2) is 0 Å². The standard InChI is InChI=1S/C13H20ClF2NO/c14-3-4-17(8-12(15)16)13(18)7-11-6-9-1-2-10(11)5-9/h9-12H,1-8H2. The maximum absolute atomic E-state index is 12.4. The van der Waals surface area contributed by atoms with E-state index in [2.05, 4.69) is 0 Å². The topological polar surface area (TPSA) is 20.3 Å². The third-order valence-electron chi connectivity index (χ3n) is 4.39. The van der Waals surface area contributed by atoms with E-state index in [1.165, 1.54) is 24.2 Å². The fourth-order valence-electron chi connectivity index (χ4n) is 3.57. The molecule has 2 aliphatic rings. The molecule has 2 nitrogen and oxygen atoms in total. The summed E-state index contributed by atoms with van der Waals surface area (Å²) in [7, 11) is 0. The van der Waals surface area contributed by atoms with Gasteiger partial charge in [0.05, 0.1) is 6.54 Å². The molecular formula is C13H20ClF2NO. The van der Waals surface area contributed by atoms with E-state index in [4.69, 9.17) is 11.6 Å². The molecule has 0 aromatic heterocycles. The molecule has 0 radical (unpaired) electrons. The minimum atomic E-state index is -2.47. The number of amides is 1. The number of halogens is 3. The highest BCUT2D eigenvalue weighted by Gasteiger charge is 2.40. The van der Waals surface area contributed by atoms with E-state index >= 15 is 0 Å². The van der Waals surface area contributed by atoms with Gasteiger partial charge in [0.1, 0.15) is 0 Å². The first-order chi connectivity index (χ1) is 8.60. The van der Waals surface area contributed by atoms with Crippen molar-refractivity contribution < 1.29 is 13.6 Å². The van der Waals surface area contributed by atoms with Crippen molar-refractivity contribution in [3.63, 3.8) is 0 Å². The van der Waals surface area contributed by atoms with Gasteiger partial charge in [-0.05, 0) is 37.0 Å². The van der Waals surface area contributed by atoms with Crippen molar-refractivity contribution in [1.82, 2.24) is 4.90 Å². The van der Waals surface area contributed by atoms with Gasteiger partial charge in [0.25, 0.3) is 6.43 Å². The maximum atomic E-state index is 12.4. The summed E-state index contributed by atoms with van der Waals surface area (Å²) in [5.74, 6) is 1.93. The molecule has 0 aromatic carbocycles. The minimum Gasteiger partial charge on any atom is -0.336 e. The van der Waals surface area contributed by atoms with E-state index < -0.39 is 13.0 Å². The molecule has 2 fully saturated rings. The molecule has 0 aromatic rings. The van der Waals surface area contributed by atoms with Gasteiger partial charge in [0.2, 0.25) is 5.91 Å². The fraction of sp³-hybridized carbons (Fsp3) is 0.923. The van der Waals surface area contributed by atoms with Gasteiger partial charge in [-0.3, -0.25) is 4.79 Å². The van der Waals surface area contributed by atoms with Gasteiger partial charge >= 0.3 is 0 Å². The largest absolute Gasteiger partial charge is 0.336 e. The zero-order valence-electron chi connectivity index (χ0n) is 10.5. The molecule has 3 atom stereocenters. The summed E-state index contributed by atoms with van der Waals surface area (Å²) in [5, 5.41) is 0. The Morgan fingerprint density at radius 3 is 2.61 bits per heavy atom. The van der Waals surface area contributed by atoms with Crippen LogP contribution in [-0.2, 0) is 4.79 Å². The second kappa shape index (κ2) is 6.18. The lowest BCUT2D eigenvalue weighted by Gasteiger charge is -2.26. The Morgan fingerprint density at radius 1 is 1.33 bits per heavy atom. The summed E-state index contributed by atoms with van der Waals surface area (Å²) in [5.41, 5.74) is 0. The number of rotatable bonds is 6. The summed E-state index contributed by atoms with van der Waals surface area (Å²) in [6.07, 6.45) is 2.81. The van der Waals surface area contributed by atoms with Crippen molar-refractivity contribution in [2.75, 3.05) is 19.0 Å². The first kappa shape index (κ1) is 14.0. The average Bonchev–Trinajstić information content (AvgIpc) is 2.89. The SMILES string of the molecule is O=C(CC1CC2CCC1C2)N(CCCl)CC(F)F. The zero-order valence-corrected chi connectivity index (χ0v) is 11.2. The smallest absolute Gasteiger partial charge is 0.255 e. The number of hydrogen-bond acceptors (Lipinski definition) is 1. The van der Waals surface area contributed by atoms with E-state index in [0.29, 0.717) is 18.3 Å². The Kier molecular flexibility index (Phi) is 4.82. The van der Waals surface area contributed by atoms with Crippen molar-refractivity contribution in [2.45, 2.75) is 38.5 Å². The molecule has 0 heterocycles. The van der Waals surface area contributed by atoms with Crippen molar-refractivity contribution >= 4 is 17.5 Å². The number of nitrogens with zero attached hydrogens (tertiary/aromatic N) is 1. The van der Waals surface area contributed by atoms with Crippen molar-refractivity contribution in [3.05, 3.63) is 0 Å². The monoisotopic (exact) mass is 279 g/mol. The van der Waals surface area contributed by atoms with E-state index in [9.17, 15) is 13.6 Å². The molecule has 2 rings (SSSR count). The Hall–Kier alpha value is -0.380. The second-order valence-corrected chi connectivity index (χ2v) is 5.94. The predicted octanol–water partition coefficient (Wildman–Crippen LogP) is 3.15. The van der Waals surface area contributed by atoms with Crippen molar-refractivity contribution in [1.29, 1.82) is 0 Å². The zero-order chi connectivity index (χ0) is 13.1. The summed E-state index contributed by atoms with van der Waals surface area (Å²) < 4.78 is 24.8. The van der Waals surface area contributed by atoms with Crippen LogP contribution >= 0.6 is 11.6 Å². The number of fused-ring (bicyclic) bond motifs is 2. The highest BCUT2D eigenvalue weighted by atomic mass is 35.5. The summed E-state index contributed by atoms with van der Waals surface area (Å²) in [6, 6.07) is 0. The molecular weight excluding hydrogens is 260 g/mol. The van der Waals surface area contributed by atoms with E-state index in [1.807, 2.05) is 0 Å². The molecule has 5 heteroatoms. The maximum Gasteiger partial charge on any atom is 0.255 e. The van der Waals surface area contributed by atoms with Crippen LogP contribution < -0.4 is 0 Å². The molecule has 2 saturated carbocycles. The van der Waals surface area contributed by atoms with E-state index in [0.717, 1.165) is 12.3 Å². The normalized spacial score (nSPS) is 30.1. The van der Waals surface area contributed by atoms with E-state index in [1.54, 1.807) is 0 Å². The fourth-order valence-corrected chi connectivity index (χ4v) is 3.77. The highest BCUT2D eigenvalue weighted by Crippen LogP contribution is 2.49. The molecule has 0 saturated heterocycles. The molecule has 104 valence electrons. The summed E-state index contributed by atoms with van der Waals surface area (Å²) in [4.78, 5) is 13.3. The Balaban J connectivity index is 1.84. The van der Waals surface area contributed by atoms with Gasteiger partial charge in [-0.2, -0.15) is 0 Å². The molecule has 0 spiro atoms. The van der Waals surface area contributed by atoms with Gasteiger partial charge in [0, 0.05) is 18.8 Å². The van der Waals surface area contributed by atoms with Crippen LogP contribution in [0, 0.1) is 17.8 Å². The number of carbonyl (C=O) groups is 1. The number of alkyl halides is 3. The van der Waals surface area contributed by atoms with Crippen LogP contribution in [-0.4, -0.2) is 36.2 Å². The summed E-state index contributed by atoms with van der Waals surface area (Å²) in [6.45, 7) is -0.252. The van der Waals surface area contributed by atoms with Gasteiger partial charge in [-0.25, -0.2) is 8.78 Å². The van der Waals surface area contributed by atoms with Crippen LogP contribution in [0.4, 0.5) is 8.78 Å². The molecule has 0 N–H and O–H groups in total. The first-order valence-electron chi connectivity index (χ1n) is 6.72. The quantitative estimate of drug-likeness (QED) is 0.684. The Bertz CT molecular complexity index is 301. The van der Waals surface area contributed by atoms with Gasteiger partial charge < -0.3 is 4.90 Å². The van der Waals surface area contributed by atoms with Crippen LogP contribution in [0.2, 0.25) is 0 Å². The third kappa shape index (κ3) is 3.34. The molecule has 2 bridgehead atoms. The highest BCUT2D eigenvalue weighted by molar-refractivity contribution is 6.18. The van der Waals surface area contributed by atoms with Crippen LogP contribution in [0.3, 0.4) is 0 Å². The minimum absolute atomic E-state index is 0.145. The van der Waals surface area contributed by atoms with Crippen molar-refractivity contribution in [2.24, 2.45) is 17.8 Å². The molecule has 0 aliphatic heterocycles. The Morgan fingerprint density at radius 2 is 2.11 bits per heavy atom. The van der Waals surface area contributed by atoms with Gasteiger partial charge in [-0.15, -0.1) is 11.6 Å². The van der Waals surface area contributed by atoms with Crippen LogP contribution in [0.25, 0.3) is 0 Å². The number of hydrogen-bond donors (Lipinski definition) is 0.